The monoisotopic (exact) mass is 257 g/mol. The van der Waals surface area contributed by atoms with E-state index >= 15 is 0 Å². The van der Waals surface area contributed by atoms with Crippen LogP contribution < -0.4 is 5.32 Å². The maximum Gasteiger partial charge on any atom is 0.267 e. The lowest BCUT2D eigenvalue weighted by atomic mass is 10.4. The molecule has 0 bridgehead atoms. The van der Waals surface area contributed by atoms with E-state index in [1.165, 1.54) is 22.9 Å². The molecule has 1 N–H and O–H groups in total. The Morgan fingerprint density at radius 3 is 2.93 bits per heavy atom. The lowest BCUT2D eigenvalue weighted by Gasteiger charge is -1.96. The van der Waals surface area contributed by atoms with Gasteiger partial charge in [0.15, 0.2) is 0 Å². The van der Waals surface area contributed by atoms with Gasteiger partial charge in [-0.1, -0.05) is 0 Å². The van der Waals surface area contributed by atoms with Crippen molar-refractivity contribution < 1.29 is 4.79 Å². The summed E-state index contributed by atoms with van der Waals surface area (Å²) in [5.74, 6) is 0.493. The molecule has 0 aliphatic rings. The van der Waals surface area contributed by atoms with Crippen molar-refractivity contribution in [3.63, 3.8) is 0 Å². The second kappa shape index (κ2) is 4.30. The average molecular weight is 257 g/mol. The van der Waals surface area contributed by atoms with Gasteiger partial charge in [-0.05, 0) is 13.0 Å². The van der Waals surface area contributed by atoms with E-state index in [4.69, 9.17) is 0 Å². The first kappa shape index (κ1) is 10.6. The van der Waals surface area contributed by atoms with Gasteiger partial charge >= 0.3 is 0 Å². The van der Waals surface area contributed by atoms with Crippen molar-refractivity contribution in [2.45, 2.75) is 11.8 Å². The van der Waals surface area contributed by atoms with E-state index in [0.717, 1.165) is 4.90 Å². The highest BCUT2D eigenvalue weighted by Gasteiger charge is 2.10. The number of carbonyl (C=O) groups excluding carboxylic acids is 1. The van der Waals surface area contributed by atoms with E-state index in [1.807, 2.05) is 5.38 Å². The first-order valence-corrected chi connectivity index (χ1v) is 6.14. The predicted molar refractivity (Wildman–Crippen MR) is 64.2 cm³/mol. The summed E-state index contributed by atoms with van der Waals surface area (Å²) >= 11 is 6.66. The topological polar surface area (TPSA) is 54.9 Å². The number of hydrogen-bond donors (Lipinski definition) is 2. The van der Waals surface area contributed by atoms with Gasteiger partial charge in [0.2, 0.25) is 5.13 Å². The fraction of sp³-hybridized carbons (Fsp3) is 0.125. The minimum Gasteiger partial charge on any atom is -0.296 e. The normalized spacial score (nSPS) is 10.3. The van der Waals surface area contributed by atoms with Gasteiger partial charge in [0.1, 0.15) is 5.82 Å². The molecular weight excluding hydrogens is 250 g/mol. The molecule has 0 radical (unpaired) electrons. The summed E-state index contributed by atoms with van der Waals surface area (Å²) in [6.45, 7) is 1.78. The van der Waals surface area contributed by atoms with Gasteiger partial charge in [-0.15, -0.1) is 24.0 Å². The Balaban J connectivity index is 2.10. The van der Waals surface area contributed by atoms with Gasteiger partial charge < -0.3 is 0 Å². The zero-order valence-electron chi connectivity index (χ0n) is 7.72. The molecule has 7 heteroatoms. The summed E-state index contributed by atoms with van der Waals surface area (Å²) in [7, 11) is 0. The number of thiophene rings is 1. The Kier molecular flexibility index (Phi) is 3.03. The highest BCUT2D eigenvalue weighted by molar-refractivity contribution is 7.80. The Morgan fingerprint density at radius 1 is 1.60 bits per heavy atom. The molecule has 0 aromatic carbocycles. The van der Waals surface area contributed by atoms with E-state index < -0.39 is 0 Å². The van der Waals surface area contributed by atoms with Crippen LogP contribution in [0.25, 0.3) is 0 Å². The van der Waals surface area contributed by atoms with Crippen molar-refractivity contribution in [3.05, 3.63) is 22.1 Å². The van der Waals surface area contributed by atoms with Gasteiger partial charge in [0.25, 0.3) is 5.91 Å². The molecule has 0 aliphatic carbocycles. The smallest absolute Gasteiger partial charge is 0.267 e. The van der Waals surface area contributed by atoms with Crippen LogP contribution in [0.3, 0.4) is 0 Å². The summed E-state index contributed by atoms with van der Waals surface area (Å²) in [5.41, 5.74) is 0. The molecule has 15 heavy (non-hydrogen) atoms. The molecule has 2 heterocycles. The minimum absolute atomic E-state index is 0.170. The van der Waals surface area contributed by atoms with Crippen LogP contribution in [0.15, 0.2) is 16.3 Å². The number of rotatable bonds is 2. The van der Waals surface area contributed by atoms with E-state index in [9.17, 15) is 4.79 Å². The third-order valence-corrected chi connectivity index (χ3v) is 3.64. The highest BCUT2D eigenvalue weighted by atomic mass is 32.1. The van der Waals surface area contributed by atoms with Crippen molar-refractivity contribution >= 4 is 46.5 Å². The summed E-state index contributed by atoms with van der Waals surface area (Å²) < 4.78 is 3.97. The molecule has 2 rings (SSSR count). The maximum atomic E-state index is 11.6. The fourth-order valence-corrected chi connectivity index (χ4v) is 2.57. The Morgan fingerprint density at radius 2 is 2.40 bits per heavy atom. The Hall–Kier alpha value is -0.920. The molecule has 78 valence electrons. The van der Waals surface area contributed by atoms with Crippen molar-refractivity contribution in [2.75, 3.05) is 5.32 Å². The molecule has 2 aromatic rings. The molecule has 0 atom stereocenters. The van der Waals surface area contributed by atoms with Crippen LogP contribution in [0.2, 0.25) is 0 Å². The highest BCUT2D eigenvalue weighted by Crippen LogP contribution is 2.19. The van der Waals surface area contributed by atoms with Crippen molar-refractivity contribution in [1.29, 1.82) is 0 Å². The van der Waals surface area contributed by atoms with Crippen LogP contribution in [-0.2, 0) is 0 Å². The van der Waals surface area contributed by atoms with Gasteiger partial charge in [-0.3, -0.25) is 10.1 Å². The lowest BCUT2D eigenvalue weighted by molar-refractivity contribution is 0.103. The number of nitrogens with one attached hydrogen (secondary N) is 1. The van der Waals surface area contributed by atoms with E-state index in [1.54, 1.807) is 13.0 Å². The molecule has 0 saturated carbocycles. The number of thiol groups is 1. The van der Waals surface area contributed by atoms with Gasteiger partial charge in [0.05, 0.1) is 4.88 Å². The molecular formula is C8H7N3OS3. The number of aromatic nitrogens is 2. The third kappa shape index (κ3) is 2.55. The van der Waals surface area contributed by atoms with Crippen LogP contribution in [-0.4, -0.2) is 15.3 Å². The molecule has 0 unspecified atom stereocenters. The Labute approximate surface area is 99.9 Å². The van der Waals surface area contributed by atoms with Crippen molar-refractivity contribution in [2.24, 2.45) is 0 Å². The molecule has 0 fully saturated rings. The van der Waals surface area contributed by atoms with Crippen LogP contribution in [0, 0.1) is 6.92 Å². The van der Waals surface area contributed by atoms with Crippen LogP contribution in [0.1, 0.15) is 15.5 Å². The Bertz CT molecular complexity index is 491. The standard InChI is InChI=1S/C8H7N3OS3/c1-4-9-8(15-11-4)10-7(12)6-2-5(13)3-14-6/h2-3,13H,1H3,(H,9,10,11,12). The number of hydrogen-bond acceptors (Lipinski definition) is 6. The van der Waals surface area contributed by atoms with E-state index in [-0.39, 0.29) is 5.91 Å². The first-order chi connectivity index (χ1) is 7.15. The van der Waals surface area contributed by atoms with Crippen LogP contribution >= 0.6 is 35.5 Å². The predicted octanol–water partition coefficient (Wildman–Crippen LogP) is 2.45. The second-order valence-corrected chi connectivity index (χ2v) is 4.95. The van der Waals surface area contributed by atoms with Gasteiger partial charge in [-0.2, -0.15) is 4.37 Å². The maximum absolute atomic E-state index is 11.6. The molecule has 0 aliphatic heterocycles. The van der Waals surface area contributed by atoms with Crippen LogP contribution in [0.5, 0.6) is 0 Å². The minimum atomic E-state index is -0.170. The SMILES string of the molecule is Cc1nsc(NC(=O)c2cc(S)cs2)n1. The zero-order chi connectivity index (χ0) is 10.8. The summed E-state index contributed by atoms with van der Waals surface area (Å²) in [6, 6.07) is 1.72. The van der Waals surface area contributed by atoms with Gasteiger partial charge in [0, 0.05) is 21.8 Å². The van der Waals surface area contributed by atoms with Crippen molar-refractivity contribution in [3.8, 4) is 0 Å². The average Bonchev–Trinajstić information content (AvgIpc) is 2.75. The molecule has 2 aromatic heterocycles. The molecule has 4 nitrogen and oxygen atoms in total. The molecule has 0 spiro atoms. The lowest BCUT2D eigenvalue weighted by Crippen LogP contribution is -2.09. The quantitative estimate of drug-likeness (QED) is 0.813. The van der Waals surface area contributed by atoms with Crippen molar-refractivity contribution in [1.82, 2.24) is 9.36 Å². The summed E-state index contributed by atoms with van der Waals surface area (Å²) in [6.07, 6.45) is 0. The third-order valence-electron chi connectivity index (χ3n) is 1.56. The zero-order valence-corrected chi connectivity index (χ0v) is 10.2. The van der Waals surface area contributed by atoms with E-state index in [2.05, 4.69) is 27.3 Å². The van der Waals surface area contributed by atoms with Crippen LogP contribution in [0.4, 0.5) is 5.13 Å². The second-order valence-electron chi connectivity index (χ2n) is 2.77. The summed E-state index contributed by atoms with van der Waals surface area (Å²) in [4.78, 5) is 17.1. The first-order valence-electron chi connectivity index (χ1n) is 4.04. The largest absolute Gasteiger partial charge is 0.296 e. The molecule has 1 amide bonds. The van der Waals surface area contributed by atoms with Gasteiger partial charge in [-0.25, -0.2) is 4.98 Å². The number of nitrogens with zero attached hydrogens (tertiary/aromatic N) is 2. The molecule has 0 saturated heterocycles. The number of carbonyl (C=O) groups is 1. The fourth-order valence-electron chi connectivity index (χ4n) is 0.952. The van der Waals surface area contributed by atoms with E-state index in [0.29, 0.717) is 15.8 Å². The number of anilines is 1. The summed E-state index contributed by atoms with van der Waals surface area (Å²) in [5, 5.41) is 5.00. The number of amides is 1. The number of aryl methyl sites for hydroxylation is 1.